The summed E-state index contributed by atoms with van der Waals surface area (Å²) in [6, 6.07) is 7.36. The molecule has 1 aromatic heterocycles. The second-order valence-electron chi connectivity index (χ2n) is 4.03. The van der Waals surface area contributed by atoms with Gasteiger partial charge in [-0.2, -0.15) is 5.10 Å². The van der Waals surface area contributed by atoms with Crippen molar-refractivity contribution in [2.24, 2.45) is 10.7 Å². The van der Waals surface area contributed by atoms with Gasteiger partial charge in [0.05, 0.1) is 11.3 Å². The zero-order chi connectivity index (χ0) is 14.5. The van der Waals surface area contributed by atoms with E-state index < -0.39 is 5.56 Å². The van der Waals surface area contributed by atoms with Gasteiger partial charge in [0.2, 0.25) is 0 Å². The Bertz CT molecular complexity index is 717. The van der Waals surface area contributed by atoms with Gasteiger partial charge in [0.15, 0.2) is 0 Å². The van der Waals surface area contributed by atoms with Crippen LogP contribution in [-0.4, -0.2) is 23.5 Å². The van der Waals surface area contributed by atoms with Crippen molar-refractivity contribution in [1.82, 2.24) is 10.2 Å². The first-order valence-corrected chi connectivity index (χ1v) is 5.86. The fourth-order valence-electron chi connectivity index (χ4n) is 1.63. The summed E-state index contributed by atoms with van der Waals surface area (Å²) in [5.41, 5.74) is 7.18. The lowest BCUT2D eigenvalue weighted by molar-refractivity contribution is 0.628. The topological polar surface area (TPSA) is 84.1 Å². The van der Waals surface area contributed by atoms with Crippen LogP contribution in [0.5, 0.6) is 0 Å². The third-order valence-corrected chi connectivity index (χ3v) is 2.66. The average Bonchev–Trinajstić information content (AvgIpc) is 2.46. The van der Waals surface area contributed by atoms with Crippen LogP contribution in [0.3, 0.4) is 0 Å². The van der Waals surface area contributed by atoms with E-state index >= 15 is 0 Å². The summed E-state index contributed by atoms with van der Waals surface area (Å²) >= 11 is 0. The molecule has 2 rings (SSSR count). The predicted molar refractivity (Wildman–Crippen MR) is 76.8 cm³/mol. The van der Waals surface area contributed by atoms with Gasteiger partial charge >= 0.3 is 0 Å². The van der Waals surface area contributed by atoms with Crippen LogP contribution in [0.25, 0.3) is 17.0 Å². The van der Waals surface area contributed by atoms with Crippen molar-refractivity contribution >= 4 is 11.9 Å². The lowest BCUT2D eigenvalue weighted by atomic mass is 10.1. The van der Waals surface area contributed by atoms with Crippen molar-refractivity contribution in [2.45, 2.75) is 0 Å². The number of halogens is 1. The number of aliphatic imine (C=N–C) groups is 1. The van der Waals surface area contributed by atoms with E-state index in [1.54, 1.807) is 25.2 Å². The first-order chi connectivity index (χ1) is 9.61. The molecule has 0 radical (unpaired) electrons. The Kier molecular flexibility index (Phi) is 4.05. The lowest BCUT2D eigenvalue weighted by Gasteiger charge is -2.04. The molecule has 5 nitrogen and oxygen atoms in total. The molecule has 0 saturated carbocycles. The molecule has 0 spiro atoms. The van der Waals surface area contributed by atoms with Gasteiger partial charge in [-0.3, -0.25) is 9.79 Å². The number of hydrogen-bond donors (Lipinski definition) is 2. The summed E-state index contributed by atoms with van der Waals surface area (Å²) in [4.78, 5) is 15.5. The number of nitrogens with zero attached hydrogens (tertiary/aromatic N) is 2. The fourth-order valence-corrected chi connectivity index (χ4v) is 1.63. The second kappa shape index (κ2) is 5.92. The van der Waals surface area contributed by atoms with Gasteiger partial charge in [-0.05, 0) is 36.4 Å². The van der Waals surface area contributed by atoms with Crippen LogP contribution in [0.4, 0.5) is 4.39 Å². The number of aromatic nitrogens is 2. The van der Waals surface area contributed by atoms with Crippen LogP contribution in [0.15, 0.2) is 46.2 Å². The van der Waals surface area contributed by atoms with Crippen LogP contribution in [-0.2, 0) is 0 Å². The van der Waals surface area contributed by atoms with Crippen molar-refractivity contribution in [3.63, 3.8) is 0 Å². The molecule has 2 aromatic rings. The van der Waals surface area contributed by atoms with E-state index in [1.807, 2.05) is 0 Å². The van der Waals surface area contributed by atoms with Gasteiger partial charge in [-0.1, -0.05) is 0 Å². The third kappa shape index (κ3) is 2.97. The molecule has 20 heavy (non-hydrogen) atoms. The van der Waals surface area contributed by atoms with E-state index in [0.29, 0.717) is 16.8 Å². The van der Waals surface area contributed by atoms with Crippen molar-refractivity contribution in [3.05, 3.63) is 58.1 Å². The van der Waals surface area contributed by atoms with Crippen molar-refractivity contribution < 1.29 is 4.39 Å². The van der Waals surface area contributed by atoms with Gasteiger partial charge in [0.25, 0.3) is 5.56 Å². The smallest absolute Gasteiger partial charge is 0.273 e. The number of rotatable bonds is 3. The standard InChI is InChI=1S/C14H13FN4O/c1-17-7-6-12(16)11-8-13(18-19-14(11)20)9-2-4-10(15)5-3-9/h2-8H,16H2,1H3,(H,19,20). The molecule has 0 atom stereocenters. The first kappa shape index (κ1) is 13.7. The average molecular weight is 272 g/mol. The van der Waals surface area contributed by atoms with E-state index in [-0.39, 0.29) is 11.5 Å². The van der Waals surface area contributed by atoms with Gasteiger partial charge in [0, 0.05) is 24.5 Å². The molecule has 0 saturated heterocycles. The Morgan fingerprint density at radius 2 is 2.10 bits per heavy atom. The fraction of sp³-hybridized carbons (Fsp3) is 0.0714. The maximum atomic E-state index is 12.9. The minimum Gasteiger partial charge on any atom is -0.398 e. The van der Waals surface area contributed by atoms with E-state index in [2.05, 4.69) is 15.2 Å². The minimum atomic E-state index is -0.394. The molecule has 6 heteroatoms. The number of nitrogens with two attached hydrogens (primary N) is 1. The summed E-state index contributed by atoms with van der Waals surface area (Å²) in [6.07, 6.45) is 3.02. The Balaban J connectivity index is 2.48. The Morgan fingerprint density at radius 1 is 1.40 bits per heavy atom. The number of hydrogen-bond acceptors (Lipinski definition) is 4. The van der Waals surface area contributed by atoms with Gasteiger partial charge < -0.3 is 5.73 Å². The number of aromatic amines is 1. The summed E-state index contributed by atoms with van der Waals surface area (Å²) in [7, 11) is 1.60. The molecule has 1 heterocycles. The van der Waals surface area contributed by atoms with Gasteiger partial charge in [-0.25, -0.2) is 9.49 Å². The SMILES string of the molecule is CN=CC=C(N)c1cc(-c2ccc(F)cc2)n[nH]c1=O. The predicted octanol–water partition coefficient (Wildman–Crippen LogP) is 1.58. The molecule has 0 fully saturated rings. The highest BCUT2D eigenvalue weighted by Crippen LogP contribution is 2.17. The van der Waals surface area contributed by atoms with E-state index in [1.165, 1.54) is 24.4 Å². The van der Waals surface area contributed by atoms with E-state index in [0.717, 1.165) is 0 Å². The highest BCUT2D eigenvalue weighted by Gasteiger charge is 2.07. The van der Waals surface area contributed by atoms with Gasteiger partial charge in [-0.15, -0.1) is 0 Å². The Labute approximate surface area is 114 Å². The quantitative estimate of drug-likeness (QED) is 0.832. The molecule has 0 aliphatic heterocycles. The van der Waals surface area contributed by atoms with Crippen molar-refractivity contribution in [2.75, 3.05) is 7.05 Å². The maximum absolute atomic E-state index is 12.9. The second-order valence-corrected chi connectivity index (χ2v) is 4.03. The molecular formula is C14H13FN4O. The maximum Gasteiger partial charge on any atom is 0.273 e. The van der Waals surface area contributed by atoms with Crippen molar-refractivity contribution in [1.29, 1.82) is 0 Å². The van der Waals surface area contributed by atoms with Crippen LogP contribution >= 0.6 is 0 Å². The van der Waals surface area contributed by atoms with Gasteiger partial charge in [0.1, 0.15) is 5.82 Å². The lowest BCUT2D eigenvalue weighted by Crippen LogP contribution is -2.17. The highest BCUT2D eigenvalue weighted by molar-refractivity contribution is 5.83. The first-order valence-electron chi connectivity index (χ1n) is 5.86. The Morgan fingerprint density at radius 3 is 2.75 bits per heavy atom. The number of nitrogens with one attached hydrogen (secondary N) is 1. The van der Waals surface area contributed by atoms with Crippen LogP contribution < -0.4 is 11.3 Å². The van der Waals surface area contributed by atoms with Crippen LogP contribution in [0.2, 0.25) is 0 Å². The Hall–Kier alpha value is -2.76. The molecule has 0 amide bonds. The molecule has 0 aliphatic rings. The minimum absolute atomic E-state index is 0.280. The number of benzene rings is 1. The highest BCUT2D eigenvalue weighted by atomic mass is 19.1. The number of allylic oxidation sites excluding steroid dienone is 1. The molecule has 1 aromatic carbocycles. The summed E-state index contributed by atoms with van der Waals surface area (Å²) in [5, 5.41) is 6.30. The zero-order valence-corrected chi connectivity index (χ0v) is 10.8. The van der Waals surface area contributed by atoms with Crippen LogP contribution in [0.1, 0.15) is 5.56 Å². The van der Waals surface area contributed by atoms with E-state index in [9.17, 15) is 9.18 Å². The molecule has 0 aliphatic carbocycles. The normalized spacial score (nSPS) is 12.0. The largest absolute Gasteiger partial charge is 0.398 e. The molecule has 0 bridgehead atoms. The molecule has 3 N–H and O–H groups in total. The van der Waals surface area contributed by atoms with Crippen LogP contribution in [0, 0.1) is 5.82 Å². The number of H-pyrrole nitrogens is 1. The van der Waals surface area contributed by atoms with E-state index in [4.69, 9.17) is 5.73 Å². The summed E-state index contributed by atoms with van der Waals surface area (Å²) < 4.78 is 12.9. The third-order valence-electron chi connectivity index (χ3n) is 2.66. The zero-order valence-electron chi connectivity index (χ0n) is 10.8. The molecule has 102 valence electrons. The summed E-state index contributed by atoms with van der Waals surface area (Å²) in [6.45, 7) is 0. The molecule has 0 unspecified atom stereocenters. The molecular weight excluding hydrogens is 259 g/mol. The summed E-state index contributed by atoms with van der Waals surface area (Å²) in [5.74, 6) is -0.336. The monoisotopic (exact) mass is 272 g/mol. The van der Waals surface area contributed by atoms with Crippen molar-refractivity contribution in [3.8, 4) is 11.3 Å².